The SMILES string of the molecule is CN1C=CN2c3ccccc3C3CC=CC3C12. The van der Waals surface area contributed by atoms with Crippen LogP contribution in [0.2, 0.25) is 0 Å². The molecule has 2 nitrogen and oxygen atoms in total. The van der Waals surface area contributed by atoms with Crippen molar-refractivity contribution in [3.05, 3.63) is 54.4 Å². The first-order chi connectivity index (χ1) is 8.36. The van der Waals surface area contributed by atoms with Crippen molar-refractivity contribution in [3.63, 3.8) is 0 Å². The lowest BCUT2D eigenvalue weighted by Crippen LogP contribution is -2.46. The summed E-state index contributed by atoms with van der Waals surface area (Å²) in [4.78, 5) is 4.76. The summed E-state index contributed by atoms with van der Waals surface area (Å²) >= 11 is 0. The van der Waals surface area contributed by atoms with Crippen LogP contribution in [0, 0.1) is 5.92 Å². The average Bonchev–Trinajstić information content (AvgIpc) is 2.96. The van der Waals surface area contributed by atoms with Crippen LogP contribution >= 0.6 is 0 Å². The van der Waals surface area contributed by atoms with Gasteiger partial charge in [0.1, 0.15) is 6.17 Å². The molecule has 0 bridgehead atoms. The molecule has 3 atom stereocenters. The van der Waals surface area contributed by atoms with Crippen molar-refractivity contribution in [2.75, 3.05) is 11.9 Å². The van der Waals surface area contributed by atoms with Crippen LogP contribution < -0.4 is 4.90 Å². The van der Waals surface area contributed by atoms with E-state index in [0.717, 1.165) is 0 Å². The lowest BCUT2D eigenvalue weighted by Gasteiger charge is -2.43. The van der Waals surface area contributed by atoms with Gasteiger partial charge in [-0.2, -0.15) is 0 Å². The molecule has 0 saturated carbocycles. The van der Waals surface area contributed by atoms with E-state index in [0.29, 0.717) is 18.0 Å². The Morgan fingerprint density at radius 1 is 1.18 bits per heavy atom. The molecule has 0 amide bonds. The first kappa shape index (κ1) is 9.34. The van der Waals surface area contributed by atoms with Crippen LogP contribution in [0.5, 0.6) is 0 Å². The number of hydrogen-bond donors (Lipinski definition) is 0. The van der Waals surface area contributed by atoms with Crippen LogP contribution in [-0.2, 0) is 0 Å². The predicted molar refractivity (Wildman–Crippen MR) is 69.6 cm³/mol. The monoisotopic (exact) mass is 224 g/mol. The van der Waals surface area contributed by atoms with Crippen molar-refractivity contribution < 1.29 is 0 Å². The van der Waals surface area contributed by atoms with Gasteiger partial charge in [0.2, 0.25) is 0 Å². The van der Waals surface area contributed by atoms with E-state index in [4.69, 9.17) is 0 Å². The number of allylic oxidation sites excluding steroid dienone is 1. The van der Waals surface area contributed by atoms with Gasteiger partial charge >= 0.3 is 0 Å². The summed E-state index contributed by atoms with van der Waals surface area (Å²) in [5.41, 5.74) is 2.90. The molecule has 4 rings (SSSR count). The summed E-state index contributed by atoms with van der Waals surface area (Å²) in [6, 6.07) is 8.85. The van der Waals surface area contributed by atoms with Crippen molar-refractivity contribution in [1.82, 2.24) is 4.90 Å². The summed E-state index contributed by atoms with van der Waals surface area (Å²) in [5, 5.41) is 0. The molecule has 0 fully saturated rings. The Bertz CT molecular complexity index is 517. The van der Waals surface area contributed by atoms with Gasteiger partial charge in [-0.3, -0.25) is 0 Å². The molecule has 0 saturated heterocycles. The summed E-state index contributed by atoms with van der Waals surface area (Å²) in [7, 11) is 2.18. The molecule has 3 unspecified atom stereocenters. The molecular formula is C15H16N2. The minimum atomic E-state index is 0.480. The lowest BCUT2D eigenvalue weighted by molar-refractivity contribution is 0.259. The quantitative estimate of drug-likeness (QED) is 0.625. The molecule has 3 aliphatic rings. The zero-order valence-corrected chi connectivity index (χ0v) is 9.95. The molecule has 0 radical (unpaired) electrons. The Hall–Kier alpha value is -1.70. The van der Waals surface area contributed by atoms with Crippen molar-refractivity contribution in [3.8, 4) is 0 Å². The van der Waals surface area contributed by atoms with E-state index in [1.54, 1.807) is 0 Å². The van der Waals surface area contributed by atoms with Crippen molar-refractivity contribution in [2.45, 2.75) is 18.5 Å². The van der Waals surface area contributed by atoms with Gasteiger partial charge in [0, 0.05) is 31.1 Å². The first-order valence-electron chi connectivity index (χ1n) is 6.30. The lowest BCUT2D eigenvalue weighted by atomic mass is 9.81. The molecule has 2 heterocycles. The van der Waals surface area contributed by atoms with Crippen LogP contribution in [-0.4, -0.2) is 18.1 Å². The zero-order valence-electron chi connectivity index (χ0n) is 9.95. The molecular weight excluding hydrogens is 208 g/mol. The van der Waals surface area contributed by atoms with Crippen molar-refractivity contribution >= 4 is 5.69 Å². The third kappa shape index (κ3) is 1.10. The highest BCUT2D eigenvalue weighted by molar-refractivity contribution is 5.63. The fourth-order valence-corrected chi connectivity index (χ4v) is 3.58. The van der Waals surface area contributed by atoms with E-state index in [9.17, 15) is 0 Å². The second-order valence-electron chi connectivity index (χ2n) is 5.19. The third-order valence-electron chi connectivity index (χ3n) is 4.34. The van der Waals surface area contributed by atoms with Gasteiger partial charge in [0.05, 0.1) is 0 Å². The van der Waals surface area contributed by atoms with E-state index in [1.165, 1.54) is 17.7 Å². The van der Waals surface area contributed by atoms with E-state index in [2.05, 4.69) is 65.7 Å². The molecule has 1 aromatic rings. The minimum Gasteiger partial charge on any atom is -0.358 e. The van der Waals surface area contributed by atoms with Crippen LogP contribution in [0.1, 0.15) is 17.9 Å². The van der Waals surface area contributed by atoms with Gasteiger partial charge in [0.25, 0.3) is 0 Å². The predicted octanol–water partition coefficient (Wildman–Crippen LogP) is 2.91. The summed E-state index contributed by atoms with van der Waals surface area (Å²) < 4.78 is 0. The summed E-state index contributed by atoms with van der Waals surface area (Å²) in [6.45, 7) is 0. The largest absolute Gasteiger partial charge is 0.358 e. The second-order valence-corrected chi connectivity index (χ2v) is 5.19. The second kappa shape index (κ2) is 3.16. The maximum atomic E-state index is 2.42. The standard InChI is InChI=1S/C15H16N2/c1-16-9-10-17-14-8-3-2-5-12(14)11-6-4-7-13(11)15(16)17/h2-5,7-11,13,15H,6H2,1H3. The number of fused-ring (bicyclic) bond motifs is 6. The maximum absolute atomic E-state index is 2.42. The van der Waals surface area contributed by atoms with Crippen LogP contribution in [0.3, 0.4) is 0 Å². The number of hydrogen-bond acceptors (Lipinski definition) is 2. The number of para-hydroxylation sites is 1. The van der Waals surface area contributed by atoms with Gasteiger partial charge in [-0.15, -0.1) is 0 Å². The van der Waals surface area contributed by atoms with E-state index in [-0.39, 0.29) is 0 Å². The van der Waals surface area contributed by atoms with Crippen LogP contribution in [0.15, 0.2) is 48.8 Å². The Kier molecular flexibility index (Phi) is 1.74. The van der Waals surface area contributed by atoms with Crippen molar-refractivity contribution in [1.29, 1.82) is 0 Å². The summed E-state index contributed by atoms with van der Waals surface area (Å²) in [5.74, 6) is 1.31. The van der Waals surface area contributed by atoms with E-state index < -0.39 is 0 Å². The Balaban J connectivity index is 1.91. The molecule has 0 spiro atoms. The number of rotatable bonds is 0. The fourth-order valence-electron chi connectivity index (χ4n) is 3.58. The normalized spacial score (nSPS) is 32.6. The minimum absolute atomic E-state index is 0.480. The smallest absolute Gasteiger partial charge is 0.112 e. The fraction of sp³-hybridized carbons (Fsp3) is 0.333. The van der Waals surface area contributed by atoms with Gasteiger partial charge in [-0.25, -0.2) is 0 Å². The number of nitrogens with zero attached hydrogens (tertiary/aromatic N) is 2. The van der Waals surface area contributed by atoms with Crippen molar-refractivity contribution in [2.24, 2.45) is 5.92 Å². The van der Waals surface area contributed by atoms with E-state index in [1.807, 2.05) is 0 Å². The Morgan fingerprint density at radius 2 is 2.06 bits per heavy atom. The van der Waals surface area contributed by atoms with Crippen LogP contribution in [0.25, 0.3) is 0 Å². The number of benzene rings is 1. The first-order valence-corrected chi connectivity index (χ1v) is 6.30. The molecule has 1 aliphatic carbocycles. The van der Waals surface area contributed by atoms with Gasteiger partial charge in [-0.1, -0.05) is 30.4 Å². The summed E-state index contributed by atoms with van der Waals surface area (Å²) in [6.07, 6.45) is 10.8. The molecule has 0 N–H and O–H groups in total. The topological polar surface area (TPSA) is 6.48 Å². The zero-order chi connectivity index (χ0) is 11.4. The van der Waals surface area contributed by atoms with E-state index >= 15 is 0 Å². The molecule has 2 heteroatoms. The van der Waals surface area contributed by atoms with Gasteiger partial charge < -0.3 is 9.80 Å². The third-order valence-corrected chi connectivity index (χ3v) is 4.34. The maximum Gasteiger partial charge on any atom is 0.112 e. The number of anilines is 1. The Labute approximate surface area is 102 Å². The molecule has 17 heavy (non-hydrogen) atoms. The highest BCUT2D eigenvalue weighted by atomic mass is 15.4. The van der Waals surface area contributed by atoms with Gasteiger partial charge in [0.15, 0.2) is 0 Å². The van der Waals surface area contributed by atoms with Gasteiger partial charge in [-0.05, 0) is 24.0 Å². The molecule has 0 aromatic heterocycles. The molecule has 86 valence electrons. The highest BCUT2D eigenvalue weighted by Crippen LogP contribution is 2.49. The Morgan fingerprint density at radius 3 is 3.00 bits per heavy atom. The highest BCUT2D eigenvalue weighted by Gasteiger charge is 2.43. The van der Waals surface area contributed by atoms with Crippen LogP contribution in [0.4, 0.5) is 5.69 Å². The molecule has 1 aromatic carbocycles. The molecule has 2 aliphatic heterocycles. The average molecular weight is 224 g/mol.